The standard InChI is InChI=1S/C20H22BrNO4/c1-3-11-22(20(25)26-13-15-7-5-4-6-8-15)18(19(23)24)16-10-9-14(2)12-17(16)21/h4-10,12,18H,3,11,13H2,1-2H3,(H,23,24). The summed E-state index contributed by atoms with van der Waals surface area (Å²) < 4.78 is 6.02. The molecule has 1 N–H and O–H groups in total. The van der Waals surface area contributed by atoms with Gasteiger partial charge in [-0.25, -0.2) is 9.59 Å². The third-order valence-corrected chi connectivity index (χ3v) is 4.59. The SMILES string of the molecule is CCCN(C(=O)OCc1ccccc1)C(C(=O)O)c1ccc(C)cc1Br. The van der Waals surface area contributed by atoms with Crippen LogP contribution in [0.25, 0.3) is 0 Å². The zero-order chi connectivity index (χ0) is 19.1. The van der Waals surface area contributed by atoms with E-state index in [1.165, 1.54) is 4.90 Å². The fraction of sp³-hybridized carbons (Fsp3) is 0.300. The van der Waals surface area contributed by atoms with Crippen molar-refractivity contribution < 1.29 is 19.4 Å². The molecule has 0 heterocycles. The quantitative estimate of drug-likeness (QED) is 0.690. The molecule has 1 atom stereocenters. The maximum atomic E-state index is 12.6. The maximum Gasteiger partial charge on any atom is 0.411 e. The van der Waals surface area contributed by atoms with Crippen molar-refractivity contribution in [1.82, 2.24) is 4.90 Å². The third kappa shape index (κ3) is 5.08. The van der Waals surface area contributed by atoms with Crippen LogP contribution in [0.4, 0.5) is 4.79 Å². The molecule has 2 aromatic carbocycles. The number of aryl methyl sites for hydroxylation is 1. The number of aliphatic carboxylic acids is 1. The number of ether oxygens (including phenoxy) is 1. The molecule has 138 valence electrons. The normalized spacial score (nSPS) is 11.7. The summed E-state index contributed by atoms with van der Waals surface area (Å²) in [4.78, 5) is 25.9. The summed E-state index contributed by atoms with van der Waals surface area (Å²) in [6.07, 6.45) is -0.0242. The molecule has 0 aliphatic carbocycles. The number of carboxylic acids is 1. The molecule has 6 heteroatoms. The van der Waals surface area contributed by atoms with Crippen molar-refractivity contribution >= 4 is 28.0 Å². The fourth-order valence-corrected chi connectivity index (χ4v) is 3.37. The van der Waals surface area contributed by atoms with Crippen molar-refractivity contribution in [2.24, 2.45) is 0 Å². The van der Waals surface area contributed by atoms with Crippen molar-refractivity contribution in [3.63, 3.8) is 0 Å². The largest absolute Gasteiger partial charge is 0.479 e. The van der Waals surface area contributed by atoms with Crippen molar-refractivity contribution in [3.05, 3.63) is 69.7 Å². The van der Waals surface area contributed by atoms with Crippen LogP contribution in [0.2, 0.25) is 0 Å². The lowest BCUT2D eigenvalue weighted by molar-refractivity contribution is -0.143. The zero-order valence-electron chi connectivity index (χ0n) is 14.8. The molecule has 2 rings (SSSR count). The average molecular weight is 420 g/mol. The van der Waals surface area contributed by atoms with E-state index in [1.54, 1.807) is 6.07 Å². The first-order chi connectivity index (χ1) is 12.4. The number of rotatable bonds is 7. The van der Waals surface area contributed by atoms with E-state index in [0.717, 1.165) is 11.1 Å². The van der Waals surface area contributed by atoms with Crippen molar-refractivity contribution in [1.29, 1.82) is 0 Å². The summed E-state index contributed by atoms with van der Waals surface area (Å²) in [6, 6.07) is 13.6. The predicted molar refractivity (Wildman–Crippen MR) is 103 cm³/mol. The van der Waals surface area contributed by atoms with Gasteiger partial charge in [0.2, 0.25) is 0 Å². The number of hydrogen-bond donors (Lipinski definition) is 1. The molecule has 0 aliphatic heterocycles. The highest BCUT2D eigenvalue weighted by Gasteiger charge is 2.33. The minimum Gasteiger partial charge on any atom is -0.479 e. The Kier molecular flexibility index (Phi) is 7.21. The highest BCUT2D eigenvalue weighted by molar-refractivity contribution is 9.10. The fourth-order valence-electron chi connectivity index (χ4n) is 2.66. The number of nitrogens with zero attached hydrogens (tertiary/aromatic N) is 1. The van der Waals surface area contributed by atoms with Crippen molar-refractivity contribution in [2.45, 2.75) is 32.9 Å². The summed E-state index contributed by atoms with van der Waals surface area (Å²) in [5.74, 6) is -1.10. The van der Waals surface area contributed by atoms with Crippen LogP contribution >= 0.6 is 15.9 Å². The summed E-state index contributed by atoms with van der Waals surface area (Å²) in [5.41, 5.74) is 2.37. The van der Waals surface area contributed by atoms with E-state index in [9.17, 15) is 14.7 Å². The van der Waals surface area contributed by atoms with E-state index in [4.69, 9.17) is 4.74 Å². The molecule has 0 aliphatic rings. The van der Waals surface area contributed by atoms with Gasteiger partial charge < -0.3 is 9.84 Å². The van der Waals surface area contributed by atoms with E-state index < -0.39 is 18.1 Å². The molecule has 26 heavy (non-hydrogen) atoms. The minimum atomic E-state index is -1.12. The molecule has 2 aromatic rings. The second-order valence-corrected chi connectivity index (χ2v) is 6.85. The molecule has 1 amide bonds. The van der Waals surface area contributed by atoms with Crippen LogP contribution in [-0.2, 0) is 16.1 Å². The van der Waals surface area contributed by atoms with Gasteiger partial charge in [-0.1, -0.05) is 65.3 Å². The molecule has 0 saturated carbocycles. The summed E-state index contributed by atoms with van der Waals surface area (Å²) >= 11 is 3.42. The Morgan fingerprint density at radius 3 is 2.46 bits per heavy atom. The van der Waals surface area contributed by atoms with Gasteiger partial charge >= 0.3 is 12.1 Å². The van der Waals surface area contributed by atoms with Crippen molar-refractivity contribution in [2.75, 3.05) is 6.54 Å². The molecule has 0 aromatic heterocycles. The van der Waals surface area contributed by atoms with Gasteiger partial charge in [0.25, 0.3) is 0 Å². The molecular weight excluding hydrogens is 398 g/mol. The Morgan fingerprint density at radius 1 is 1.19 bits per heavy atom. The van der Waals surface area contributed by atoms with Gasteiger partial charge in [0.05, 0.1) is 0 Å². The van der Waals surface area contributed by atoms with Crippen LogP contribution in [0.1, 0.15) is 36.1 Å². The Morgan fingerprint density at radius 2 is 1.88 bits per heavy atom. The van der Waals surface area contributed by atoms with Gasteiger partial charge in [-0.15, -0.1) is 0 Å². The van der Waals surface area contributed by atoms with Gasteiger partial charge in [0, 0.05) is 16.6 Å². The Balaban J connectivity index is 2.25. The van der Waals surface area contributed by atoms with Gasteiger partial charge in [-0.2, -0.15) is 0 Å². The second kappa shape index (κ2) is 9.38. The molecule has 0 bridgehead atoms. The molecule has 0 fully saturated rings. The number of benzene rings is 2. The number of amides is 1. The van der Waals surface area contributed by atoms with Gasteiger partial charge in [-0.05, 0) is 30.5 Å². The topological polar surface area (TPSA) is 66.8 Å². The number of carbonyl (C=O) groups excluding carboxylic acids is 1. The molecular formula is C20H22BrNO4. The summed E-state index contributed by atoms with van der Waals surface area (Å²) in [7, 11) is 0. The predicted octanol–water partition coefficient (Wildman–Crippen LogP) is 4.93. The third-order valence-electron chi connectivity index (χ3n) is 3.90. The lowest BCUT2D eigenvalue weighted by Gasteiger charge is -2.29. The van der Waals surface area contributed by atoms with Crippen LogP contribution in [-0.4, -0.2) is 28.6 Å². The Hall–Kier alpha value is -2.34. The first kappa shape index (κ1) is 20.0. The highest BCUT2D eigenvalue weighted by atomic mass is 79.9. The lowest BCUT2D eigenvalue weighted by atomic mass is 10.0. The van der Waals surface area contributed by atoms with Crippen LogP contribution in [0, 0.1) is 6.92 Å². The van der Waals surface area contributed by atoms with E-state index in [2.05, 4.69) is 15.9 Å². The molecule has 5 nitrogen and oxygen atoms in total. The molecule has 1 unspecified atom stereocenters. The van der Waals surface area contributed by atoms with Gasteiger partial charge in [0.15, 0.2) is 6.04 Å². The van der Waals surface area contributed by atoms with Crippen LogP contribution in [0.15, 0.2) is 53.0 Å². The van der Waals surface area contributed by atoms with Gasteiger partial charge in [-0.3, -0.25) is 4.90 Å². The van der Waals surface area contributed by atoms with E-state index in [0.29, 0.717) is 16.5 Å². The number of halogens is 1. The zero-order valence-corrected chi connectivity index (χ0v) is 16.4. The van der Waals surface area contributed by atoms with E-state index in [-0.39, 0.29) is 13.2 Å². The highest BCUT2D eigenvalue weighted by Crippen LogP contribution is 2.30. The van der Waals surface area contributed by atoms with Crippen LogP contribution < -0.4 is 0 Å². The number of carboxylic acid groups (broad SMARTS) is 1. The van der Waals surface area contributed by atoms with Crippen LogP contribution in [0.3, 0.4) is 0 Å². The second-order valence-electron chi connectivity index (χ2n) is 6.00. The van der Waals surface area contributed by atoms with E-state index in [1.807, 2.05) is 56.3 Å². The molecule has 0 saturated heterocycles. The van der Waals surface area contributed by atoms with Crippen molar-refractivity contribution in [3.8, 4) is 0 Å². The average Bonchev–Trinajstić information content (AvgIpc) is 2.61. The molecule has 0 radical (unpaired) electrons. The maximum absolute atomic E-state index is 12.6. The Bertz CT molecular complexity index is 764. The first-order valence-electron chi connectivity index (χ1n) is 8.40. The Labute approximate surface area is 161 Å². The number of hydrogen-bond acceptors (Lipinski definition) is 3. The minimum absolute atomic E-state index is 0.0985. The summed E-state index contributed by atoms with van der Waals surface area (Å²) in [5, 5.41) is 9.78. The smallest absolute Gasteiger partial charge is 0.411 e. The molecule has 0 spiro atoms. The summed E-state index contributed by atoms with van der Waals surface area (Å²) in [6.45, 7) is 4.19. The lowest BCUT2D eigenvalue weighted by Crippen LogP contribution is -2.40. The number of carbonyl (C=O) groups is 2. The van der Waals surface area contributed by atoms with E-state index >= 15 is 0 Å². The van der Waals surface area contributed by atoms with Crippen LogP contribution in [0.5, 0.6) is 0 Å². The monoisotopic (exact) mass is 419 g/mol. The first-order valence-corrected chi connectivity index (χ1v) is 9.19. The van der Waals surface area contributed by atoms with Gasteiger partial charge in [0.1, 0.15) is 6.61 Å².